The van der Waals surface area contributed by atoms with Crippen LogP contribution in [0.4, 0.5) is 5.69 Å². The maximum Gasteiger partial charge on any atom is 0.271 e. The van der Waals surface area contributed by atoms with E-state index >= 15 is 0 Å². The van der Waals surface area contributed by atoms with Gasteiger partial charge in [0.1, 0.15) is 6.61 Å². The smallest absolute Gasteiger partial charge is 0.271 e. The van der Waals surface area contributed by atoms with Gasteiger partial charge in [0, 0.05) is 23.7 Å². The van der Waals surface area contributed by atoms with Gasteiger partial charge < -0.3 is 14.8 Å². The Labute approximate surface area is 197 Å². The lowest BCUT2D eigenvalue weighted by Gasteiger charge is -2.13. The topological polar surface area (TPSA) is 113 Å². The van der Waals surface area contributed by atoms with Crippen molar-refractivity contribution in [1.82, 2.24) is 5.43 Å². The summed E-state index contributed by atoms with van der Waals surface area (Å²) < 4.78 is 11.6. The number of anilines is 1. The van der Waals surface area contributed by atoms with Crippen LogP contribution in [0.1, 0.15) is 40.9 Å². The Hall–Kier alpha value is -4.64. The number of nitrogens with one attached hydrogen (secondary N) is 2. The molecule has 2 amide bonds. The first-order valence-electron chi connectivity index (χ1n) is 10.6. The highest BCUT2D eigenvalue weighted by molar-refractivity contribution is 5.97. The molecule has 8 nitrogen and oxygen atoms in total. The number of hydrogen-bond acceptors (Lipinski definition) is 6. The molecule has 0 saturated carbocycles. The van der Waals surface area contributed by atoms with Crippen molar-refractivity contribution in [1.29, 1.82) is 5.26 Å². The van der Waals surface area contributed by atoms with Gasteiger partial charge in [0.05, 0.1) is 24.5 Å². The Morgan fingerprint density at radius 1 is 1.03 bits per heavy atom. The van der Waals surface area contributed by atoms with E-state index in [0.29, 0.717) is 40.5 Å². The van der Waals surface area contributed by atoms with Crippen molar-refractivity contribution in [3.8, 4) is 17.6 Å². The molecule has 34 heavy (non-hydrogen) atoms. The second-order valence-electron chi connectivity index (χ2n) is 7.16. The van der Waals surface area contributed by atoms with E-state index in [9.17, 15) is 14.9 Å². The standard InChI is InChI=1S/C26H24N4O4/c1-3-33-25-13-19(11-12-24(25)34-17-22-8-5-4-7-21(22)15-27)16-28-30-26(32)20-9-6-10-23(14-20)29-18(2)31/h4-14,16H,3,17H2,1-2H3,(H,29,31)(H,30,32). The van der Waals surface area contributed by atoms with Gasteiger partial charge in [0.2, 0.25) is 5.91 Å². The first-order chi connectivity index (χ1) is 16.5. The van der Waals surface area contributed by atoms with E-state index in [4.69, 9.17) is 9.47 Å². The van der Waals surface area contributed by atoms with E-state index in [0.717, 1.165) is 5.56 Å². The summed E-state index contributed by atoms with van der Waals surface area (Å²) in [6.07, 6.45) is 1.49. The molecule has 0 radical (unpaired) electrons. The van der Waals surface area contributed by atoms with Crippen molar-refractivity contribution >= 4 is 23.7 Å². The second-order valence-corrected chi connectivity index (χ2v) is 7.16. The molecular weight excluding hydrogens is 432 g/mol. The third-order valence-corrected chi connectivity index (χ3v) is 4.61. The average molecular weight is 457 g/mol. The largest absolute Gasteiger partial charge is 0.490 e. The number of nitriles is 1. The molecule has 0 aliphatic carbocycles. The number of ether oxygens (including phenoxy) is 2. The highest BCUT2D eigenvalue weighted by Gasteiger charge is 2.09. The lowest BCUT2D eigenvalue weighted by molar-refractivity contribution is -0.114. The summed E-state index contributed by atoms with van der Waals surface area (Å²) in [6, 6.07) is 21.2. The van der Waals surface area contributed by atoms with Crippen LogP contribution in [0.3, 0.4) is 0 Å². The maximum absolute atomic E-state index is 12.4. The number of carbonyl (C=O) groups excluding carboxylic acids is 2. The average Bonchev–Trinajstić information content (AvgIpc) is 2.83. The third-order valence-electron chi connectivity index (χ3n) is 4.61. The molecule has 3 rings (SSSR count). The minimum absolute atomic E-state index is 0.220. The number of nitrogens with zero attached hydrogens (tertiary/aromatic N) is 2. The van der Waals surface area contributed by atoms with Crippen LogP contribution in [0.2, 0.25) is 0 Å². The molecule has 0 fully saturated rings. The molecule has 0 aromatic heterocycles. The van der Waals surface area contributed by atoms with E-state index in [2.05, 4.69) is 21.9 Å². The van der Waals surface area contributed by atoms with Crippen LogP contribution >= 0.6 is 0 Å². The number of rotatable bonds is 9. The Bertz CT molecular complexity index is 1250. The molecule has 8 heteroatoms. The third kappa shape index (κ3) is 6.68. The first kappa shape index (κ1) is 24.0. The molecule has 0 unspecified atom stereocenters. The van der Waals surface area contributed by atoms with E-state index in [1.165, 1.54) is 13.1 Å². The second kappa shape index (κ2) is 11.8. The fraction of sp³-hybridized carbons (Fsp3) is 0.154. The van der Waals surface area contributed by atoms with Crippen LogP contribution in [-0.4, -0.2) is 24.6 Å². The van der Waals surface area contributed by atoms with Crippen LogP contribution in [0, 0.1) is 11.3 Å². The Kier molecular flexibility index (Phi) is 8.36. The minimum Gasteiger partial charge on any atom is -0.490 e. The van der Waals surface area contributed by atoms with E-state index in [1.54, 1.807) is 54.6 Å². The number of amides is 2. The first-order valence-corrected chi connectivity index (χ1v) is 10.6. The zero-order valence-corrected chi connectivity index (χ0v) is 18.9. The van der Waals surface area contributed by atoms with Crippen LogP contribution in [0.15, 0.2) is 71.8 Å². The zero-order valence-electron chi connectivity index (χ0n) is 18.9. The predicted octanol–water partition coefficient (Wildman–Crippen LogP) is 4.26. The lowest BCUT2D eigenvalue weighted by Crippen LogP contribution is -2.18. The van der Waals surface area contributed by atoms with Crippen molar-refractivity contribution in [2.24, 2.45) is 5.10 Å². The normalized spacial score (nSPS) is 10.4. The molecule has 0 spiro atoms. The van der Waals surface area contributed by atoms with Crippen LogP contribution in [0.5, 0.6) is 11.5 Å². The lowest BCUT2D eigenvalue weighted by atomic mass is 10.1. The van der Waals surface area contributed by atoms with Gasteiger partial charge in [-0.15, -0.1) is 0 Å². The van der Waals surface area contributed by atoms with E-state index in [-0.39, 0.29) is 12.5 Å². The summed E-state index contributed by atoms with van der Waals surface area (Å²) in [4.78, 5) is 23.6. The molecule has 0 aliphatic heterocycles. The summed E-state index contributed by atoms with van der Waals surface area (Å²) in [5.41, 5.74) is 5.39. The summed E-state index contributed by atoms with van der Waals surface area (Å²) >= 11 is 0. The van der Waals surface area contributed by atoms with Crippen molar-refractivity contribution in [2.45, 2.75) is 20.5 Å². The number of carbonyl (C=O) groups is 2. The summed E-state index contributed by atoms with van der Waals surface area (Å²) in [6.45, 7) is 3.93. The number of benzene rings is 3. The minimum atomic E-state index is -0.412. The molecule has 0 aliphatic rings. The zero-order chi connectivity index (χ0) is 24.3. The molecule has 0 bridgehead atoms. The van der Waals surface area contributed by atoms with Gasteiger partial charge in [-0.1, -0.05) is 24.3 Å². The molecule has 0 heterocycles. The Balaban J connectivity index is 1.67. The van der Waals surface area contributed by atoms with Crippen molar-refractivity contribution in [3.05, 3.63) is 89.0 Å². The monoisotopic (exact) mass is 456 g/mol. The quantitative estimate of drug-likeness (QED) is 0.369. The molecular formula is C26H24N4O4. The van der Waals surface area contributed by atoms with Crippen molar-refractivity contribution < 1.29 is 19.1 Å². The number of hydrazone groups is 1. The molecule has 0 atom stereocenters. The molecule has 2 N–H and O–H groups in total. The van der Waals surface area contributed by atoms with Gasteiger partial charge in [-0.2, -0.15) is 10.4 Å². The SMILES string of the molecule is CCOc1cc(C=NNC(=O)c2cccc(NC(C)=O)c2)ccc1OCc1ccccc1C#N. The highest BCUT2D eigenvalue weighted by atomic mass is 16.5. The van der Waals surface area contributed by atoms with E-state index < -0.39 is 5.91 Å². The van der Waals surface area contributed by atoms with Gasteiger partial charge >= 0.3 is 0 Å². The van der Waals surface area contributed by atoms with Crippen molar-refractivity contribution in [3.63, 3.8) is 0 Å². The fourth-order valence-electron chi connectivity index (χ4n) is 3.07. The summed E-state index contributed by atoms with van der Waals surface area (Å²) in [7, 11) is 0. The Morgan fingerprint density at radius 3 is 2.62 bits per heavy atom. The molecule has 3 aromatic carbocycles. The summed E-state index contributed by atoms with van der Waals surface area (Å²) in [5.74, 6) is 0.424. The molecule has 0 saturated heterocycles. The van der Waals surface area contributed by atoms with Gasteiger partial charge in [-0.25, -0.2) is 5.43 Å². The van der Waals surface area contributed by atoms with Gasteiger partial charge in [-0.05, 0) is 55.0 Å². The van der Waals surface area contributed by atoms with Gasteiger partial charge in [-0.3, -0.25) is 9.59 Å². The van der Waals surface area contributed by atoms with Crippen LogP contribution in [-0.2, 0) is 11.4 Å². The predicted molar refractivity (Wildman–Crippen MR) is 129 cm³/mol. The summed E-state index contributed by atoms with van der Waals surface area (Å²) in [5, 5.41) is 15.9. The fourth-order valence-corrected chi connectivity index (χ4v) is 3.07. The number of hydrogen-bond donors (Lipinski definition) is 2. The molecule has 172 valence electrons. The van der Waals surface area contributed by atoms with Crippen molar-refractivity contribution in [2.75, 3.05) is 11.9 Å². The van der Waals surface area contributed by atoms with Crippen LogP contribution < -0.4 is 20.2 Å². The van der Waals surface area contributed by atoms with E-state index in [1.807, 2.05) is 19.1 Å². The maximum atomic E-state index is 12.4. The van der Waals surface area contributed by atoms with Gasteiger partial charge in [0.25, 0.3) is 5.91 Å². The Morgan fingerprint density at radius 2 is 1.85 bits per heavy atom. The highest BCUT2D eigenvalue weighted by Crippen LogP contribution is 2.29. The molecule has 3 aromatic rings. The van der Waals surface area contributed by atoms with Gasteiger partial charge in [0.15, 0.2) is 11.5 Å². The van der Waals surface area contributed by atoms with Crippen LogP contribution in [0.25, 0.3) is 0 Å².